The molecule has 0 aromatic carbocycles. The molecule has 0 saturated carbocycles. The molecule has 24 heavy (non-hydrogen) atoms. The van der Waals surface area contributed by atoms with Gasteiger partial charge in [-0.05, 0) is 17.9 Å². The van der Waals surface area contributed by atoms with E-state index >= 15 is 0 Å². The van der Waals surface area contributed by atoms with E-state index in [0.29, 0.717) is 37.8 Å². The maximum absolute atomic E-state index is 13.8. The van der Waals surface area contributed by atoms with Gasteiger partial charge in [-0.1, -0.05) is 11.2 Å². The third-order valence-electron chi connectivity index (χ3n) is 3.89. The van der Waals surface area contributed by atoms with E-state index in [1.54, 1.807) is 18.3 Å². The molecule has 2 amide bonds. The van der Waals surface area contributed by atoms with E-state index in [-0.39, 0.29) is 18.6 Å². The molecule has 3 rings (SSSR count). The molecule has 1 aliphatic heterocycles. The first kappa shape index (κ1) is 16.8. The summed E-state index contributed by atoms with van der Waals surface area (Å²) in [6, 6.07) is 3.71. The second-order valence-electron chi connectivity index (χ2n) is 5.79. The van der Waals surface area contributed by atoms with Gasteiger partial charge in [-0.25, -0.2) is 9.18 Å². The summed E-state index contributed by atoms with van der Waals surface area (Å²) in [4.78, 5) is 19.2. The topological polar surface area (TPSA) is 83.3 Å². The highest BCUT2D eigenvalue weighted by Crippen LogP contribution is 2.23. The second kappa shape index (κ2) is 7.71. The SMILES string of the molecule is Cc1nc(CNC(=O)NC[C@@H]2C[C@H](F)CN2Cc2cccs2)no1. The van der Waals surface area contributed by atoms with Crippen molar-refractivity contribution in [2.75, 3.05) is 13.1 Å². The van der Waals surface area contributed by atoms with Gasteiger partial charge in [0.25, 0.3) is 0 Å². The zero-order chi connectivity index (χ0) is 16.9. The van der Waals surface area contributed by atoms with Crippen molar-refractivity contribution in [3.63, 3.8) is 0 Å². The molecule has 1 saturated heterocycles. The van der Waals surface area contributed by atoms with Crippen molar-refractivity contribution in [2.24, 2.45) is 0 Å². The second-order valence-corrected chi connectivity index (χ2v) is 6.82. The van der Waals surface area contributed by atoms with Crippen LogP contribution < -0.4 is 10.6 Å². The molecule has 2 atom stereocenters. The maximum Gasteiger partial charge on any atom is 0.315 e. The number of thiophene rings is 1. The zero-order valence-corrected chi connectivity index (χ0v) is 14.2. The Morgan fingerprint density at radius 1 is 1.54 bits per heavy atom. The van der Waals surface area contributed by atoms with Gasteiger partial charge in [0.1, 0.15) is 6.17 Å². The van der Waals surface area contributed by atoms with Crippen LogP contribution >= 0.6 is 11.3 Å². The third kappa shape index (κ3) is 4.51. The van der Waals surface area contributed by atoms with Gasteiger partial charge in [0.05, 0.1) is 6.54 Å². The number of hydrogen-bond donors (Lipinski definition) is 2. The summed E-state index contributed by atoms with van der Waals surface area (Å²) in [6.07, 6.45) is -0.405. The molecule has 3 heterocycles. The minimum atomic E-state index is -0.845. The quantitative estimate of drug-likeness (QED) is 0.828. The average molecular weight is 353 g/mol. The Kier molecular flexibility index (Phi) is 5.41. The molecule has 0 radical (unpaired) electrons. The van der Waals surface area contributed by atoms with Crippen LogP contribution in [0.15, 0.2) is 22.0 Å². The predicted octanol–water partition coefficient (Wildman–Crippen LogP) is 1.85. The first-order chi connectivity index (χ1) is 11.6. The van der Waals surface area contributed by atoms with E-state index in [2.05, 4.69) is 25.7 Å². The molecule has 2 aromatic rings. The number of nitrogens with zero attached hydrogens (tertiary/aromatic N) is 3. The molecule has 2 aromatic heterocycles. The molecule has 7 nitrogen and oxygen atoms in total. The highest BCUT2D eigenvalue weighted by molar-refractivity contribution is 7.09. The number of rotatable bonds is 6. The van der Waals surface area contributed by atoms with E-state index < -0.39 is 6.17 Å². The number of urea groups is 1. The lowest BCUT2D eigenvalue weighted by Crippen LogP contribution is -2.43. The number of likely N-dealkylation sites (tertiary alicyclic amines) is 1. The highest BCUT2D eigenvalue weighted by Gasteiger charge is 2.32. The van der Waals surface area contributed by atoms with Gasteiger partial charge in [0, 0.05) is 37.5 Å². The minimum absolute atomic E-state index is 0.000250. The van der Waals surface area contributed by atoms with Crippen molar-refractivity contribution in [3.8, 4) is 0 Å². The van der Waals surface area contributed by atoms with Crippen LogP contribution in [0.3, 0.4) is 0 Å². The summed E-state index contributed by atoms with van der Waals surface area (Å²) in [5, 5.41) is 11.2. The summed E-state index contributed by atoms with van der Waals surface area (Å²) < 4.78 is 18.6. The van der Waals surface area contributed by atoms with Gasteiger partial charge in [0.2, 0.25) is 5.89 Å². The van der Waals surface area contributed by atoms with Gasteiger partial charge in [0.15, 0.2) is 5.82 Å². The van der Waals surface area contributed by atoms with Gasteiger partial charge >= 0.3 is 6.03 Å². The highest BCUT2D eigenvalue weighted by atomic mass is 32.1. The minimum Gasteiger partial charge on any atom is -0.340 e. The monoisotopic (exact) mass is 353 g/mol. The first-order valence-corrected chi connectivity index (χ1v) is 8.69. The molecular formula is C15H20FN5O2S. The van der Waals surface area contributed by atoms with Crippen molar-refractivity contribution in [1.29, 1.82) is 0 Å². The fourth-order valence-corrected chi connectivity index (χ4v) is 3.51. The Labute approximate surface area is 143 Å². The summed E-state index contributed by atoms with van der Waals surface area (Å²) in [5.41, 5.74) is 0. The smallest absolute Gasteiger partial charge is 0.315 e. The van der Waals surface area contributed by atoms with E-state index in [1.807, 2.05) is 17.5 Å². The molecule has 1 aliphatic rings. The average Bonchev–Trinajstić information content (AvgIpc) is 3.26. The maximum atomic E-state index is 13.8. The standard InChI is InChI=1S/C15H20FN5O2S/c1-10-19-14(20-23-10)7-18-15(22)17-6-12-5-11(16)8-21(12)9-13-3-2-4-24-13/h2-4,11-12H,5-9H2,1H3,(H2,17,18,22)/t11-,12-/m0/s1. The van der Waals surface area contributed by atoms with Crippen LogP contribution in [-0.4, -0.2) is 46.4 Å². The largest absolute Gasteiger partial charge is 0.340 e. The van der Waals surface area contributed by atoms with Crippen LogP contribution in [0.2, 0.25) is 0 Å². The Bertz CT molecular complexity index is 663. The number of halogens is 1. The van der Waals surface area contributed by atoms with Gasteiger partial charge < -0.3 is 15.2 Å². The van der Waals surface area contributed by atoms with Gasteiger partial charge in [-0.15, -0.1) is 11.3 Å². The van der Waals surface area contributed by atoms with Crippen molar-refractivity contribution in [3.05, 3.63) is 34.1 Å². The van der Waals surface area contributed by atoms with Crippen LogP contribution in [-0.2, 0) is 13.1 Å². The summed E-state index contributed by atoms with van der Waals surface area (Å²) in [5.74, 6) is 0.878. The van der Waals surface area contributed by atoms with Crippen LogP contribution in [0.1, 0.15) is 23.0 Å². The fourth-order valence-electron chi connectivity index (χ4n) is 2.78. The van der Waals surface area contributed by atoms with Crippen molar-refractivity contribution < 1.29 is 13.7 Å². The van der Waals surface area contributed by atoms with E-state index in [0.717, 1.165) is 0 Å². The number of hydrogen-bond acceptors (Lipinski definition) is 6. The molecule has 130 valence electrons. The molecule has 9 heteroatoms. The lowest BCUT2D eigenvalue weighted by Gasteiger charge is -2.23. The molecule has 0 bridgehead atoms. The fraction of sp³-hybridized carbons (Fsp3) is 0.533. The number of carbonyl (C=O) groups is 1. The third-order valence-corrected chi connectivity index (χ3v) is 4.75. The van der Waals surface area contributed by atoms with Crippen molar-refractivity contribution >= 4 is 17.4 Å². The molecule has 0 unspecified atom stereocenters. The van der Waals surface area contributed by atoms with Crippen molar-refractivity contribution in [2.45, 2.75) is 38.6 Å². The summed E-state index contributed by atoms with van der Waals surface area (Å²) in [6.45, 7) is 3.41. The van der Waals surface area contributed by atoms with Crippen molar-refractivity contribution in [1.82, 2.24) is 25.7 Å². The van der Waals surface area contributed by atoms with Crippen LogP contribution in [0.25, 0.3) is 0 Å². The Morgan fingerprint density at radius 2 is 2.42 bits per heavy atom. The number of aromatic nitrogens is 2. The Morgan fingerprint density at radius 3 is 3.12 bits per heavy atom. The van der Waals surface area contributed by atoms with E-state index in [1.165, 1.54) is 4.88 Å². The normalized spacial score (nSPS) is 21.1. The predicted molar refractivity (Wildman–Crippen MR) is 87.3 cm³/mol. The van der Waals surface area contributed by atoms with E-state index in [4.69, 9.17) is 4.52 Å². The van der Waals surface area contributed by atoms with Crippen LogP contribution in [0, 0.1) is 6.92 Å². The molecular weight excluding hydrogens is 333 g/mol. The Hall–Kier alpha value is -2.00. The zero-order valence-electron chi connectivity index (χ0n) is 13.4. The number of amides is 2. The van der Waals surface area contributed by atoms with Crippen LogP contribution in [0.4, 0.5) is 9.18 Å². The number of alkyl halides is 1. The number of nitrogens with one attached hydrogen (secondary N) is 2. The van der Waals surface area contributed by atoms with Gasteiger partial charge in [-0.3, -0.25) is 4.90 Å². The van der Waals surface area contributed by atoms with Gasteiger partial charge in [-0.2, -0.15) is 4.98 Å². The molecule has 2 N–H and O–H groups in total. The van der Waals surface area contributed by atoms with E-state index in [9.17, 15) is 9.18 Å². The number of carbonyl (C=O) groups excluding carboxylic acids is 1. The molecule has 1 fully saturated rings. The lowest BCUT2D eigenvalue weighted by molar-refractivity contribution is 0.219. The lowest BCUT2D eigenvalue weighted by atomic mass is 10.2. The first-order valence-electron chi connectivity index (χ1n) is 7.81. The Balaban J connectivity index is 1.44. The van der Waals surface area contributed by atoms with Crippen LogP contribution in [0.5, 0.6) is 0 Å². The summed E-state index contributed by atoms with van der Waals surface area (Å²) in [7, 11) is 0. The molecule has 0 spiro atoms. The molecule has 0 aliphatic carbocycles. The summed E-state index contributed by atoms with van der Waals surface area (Å²) >= 11 is 1.66. The number of aryl methyl sites for hydroxylation is 1.